The molecule has 1 aromatic rings. The third-order valence-electron chi connectivity index (χ3n) is 5.35. The predicted molar refractivity (Wildman–Crippen MR) is 93.0 cm³/mol. The first kappa shape index (κ1) is 17.4. The molecule has 0 radical (unpaired) electrons. The fourth-order valence-corrected chi connectivity index (χ4v) is 3.80. The smallest absolute Gasteiger partial charge is 0.274 e. The van der Waals surface area contributed by atoms with E-state index in [1.807, 2.05) is 11.7 Å². The zero-order chi connectivity index (χ0) is 17.1. The van der Waals surface area contributed by atoms with E-state index in [-0.39, 0.29) is 5.91 Å². The van der Waals surface area contributed by atoms with Gasteiger partial charge in [-0.1, -0.05) is 13.3 Å². The van der Waals surface area contributed by atoms with Crippen molar-refractivity contribution in [3.8, 4) is 0 Å². The molecular weight excluding hydrogens is 304 g/mol. The highest BCUT2D eigenvalue weighted by Crippen LogP contribution is 2.24. The molecule has 0 unspecified atom stereocenters. The number of hydrogen-bond donors (Lipinski definition) is 0. The number of fused-ring (bicyclic) bond motifs is 1. The maximum absolute atomic E-state index is 13.3. The lowest BCUT2D eigenvalue weighted by Gasteiger charge is -2.37. The van der Waals surface area contributed by atoms with Crippen LogP contribution in [-0.4, -0.2) is 64.8 Å². The van der Waals surface area contributed by atoms with E-state index in [2.05, 4.69) is 28.9 Å². The highest BCUT2D eigenvalue weighted by Gasteiger charge is 2.32. The first-order valence-corrected chi connectivity index (χ1v) is 9.23. The second-order valence-corrected chi connectivity index (χ2v) is 7.09. The van der Waals surface area contributed by atoms with Crippen LogP contribution >= 0.6 is 0 Å². The first-order chi connectivity index (χ1) is 11.6. The number of likely N-dealkylation sites (tertiary alicyclic amines) is 1. The molecular formula is C18H30N4O2. The van der Waals surface area contributed by atoms with Gasteiger partial charge >= 0.3 is 0 Å². The Morgan fingerprint density at radius 2 is 2.08 bits per heavy atom. The Hall–Kier alpha value is -1.40. The molecule has 0 bridgehead atoms. The van der Waals surface area contributed by atoms with Gasteiger partial charge in [0, 0.05) is 37.3 Å². The Balaban J connectivity index is 1.83. The first-order valence-electron chi connectivity index (χ1n) is 9.23. The number of rotatable bonds is 5. The number of ether oxygens (including phenoxy) is 1. The number of hydrogen-bond acceptors (Lipinski definition) is 4. The van der Waals surface area contributed by atoms with Gasteiger partial charge in [-0.05, 0) is 39.4 Å². The van der Waals surface area contributed by atoms with Crippen LogP contribution in [0, 0.1) is 0 Å². The lowest BCUT2D eigenvalue weighted by Crippen LogP contribution is -2.47. The average Bonchev–Trinajstić information content (AvgIpc) is 2.94. The molecule has 0 atom stereocenters. The van der Waals surface area contributed by atoms with Crippen molar-refractivity contribution in [3.05, 3.63) is 17.0 Å². The average molecular weight is 334 g/mol. The fourth-order valence-electron chi connectivity index (χ4n) is 3.80. The van der Waals surface area contributed by atoms with Gasteiger partial charge in [-0.3, -0.25) is 9.48 Å². The van der Waals surface area contributed by atoms with Crippen LogP contribution < -0.4 is 0 Å². The van der Waals surface area contributed by atoms with Crippen LogP contribution in [0.4, 0.5) is 0 Å². The summed E-state index contributed by atoms with van der Waals surface area (Å²) in [6.07, 6.45) is 5.09. The quantitative estimate of drug-likeness (QED) is 0.824. The van der Waals surface area contributed by atoms with Crippen molar-refractivity contribution < 1.29 is 9.53 Å². The van der Waals surface area contributed by atoms with Crippen molar-refractivity contribution >= 4 is 5.91 Å². The van der Waals surface area contributed by atoms with Gasteiger partial charge in [0.25, 0.3) is 5.91 Å². The standard InChI is InChI=1S/C18H30N4O2/c1-4-5-9-22(14-6-10-20(2)11-7-14)18(23)17-15-13-24-12-8-16(15)21(3)19-17/h14H,4-13H2,1-3H3. The molecule has 0 spiro atoms. The number of carbonyl (C=O) groups excluding carboxylic acids is 1. The monoisotopic (exact) mass is 334 g/mol. The Kier molecular flexibility index (Phi) is 5.56. The molecule has 0 aromatic carbocycles. The molecule has 1 fully saturated rings. The minimum absolute atomic E-state index is 0.0975. The molecule has 1 aromatic heterocycles. The normalized spacial score (nSPS) is 19.3. The van der Waals surface area contributed by atoms with Crippen molar-refractivity contribution in [1.29, 1.82) is 0 Å². The molecule has 3 heterocycles. The maximum atomic E-state index is 13.3. The van der Waals surface area contributed by atoms with Crippen molar-refractivity contribution in [2.75, 3.05) is 33.3 Å². The van der Waals surface area contributed by atoms with Gasteiger partial charge in [0.2, 0.25) is 0 Å². The van der Waals surface area contributed by atoms with Gasteiger partial charge in [-0.15, -0.1) is 0 Å². The summed E-state index contributed by atoms with van der Waals surface area (Å²) >= 11 is 0. The van der Waals surface area contributed by atoms with Crippen molar-refractivity contribution in [2.24, 2.45) is 7.05 Å². The van der Waals surface area contributed by atoms with Crippen LogP contribution in [0.25, 0.3) is 0 Å². The van der Waals surface area contributed by atoms with E-state index in [0.29, 0.717) is 24.9 Å². The summed E-state index contributed by atoms with van der Waals surface area (Å²) in [4.78, 5) is 17.7. The summed E-state index contributed by atoms with van der Waals surface area (Å²) in [5, 5.41) is 4.57. The molecule has 0 N–H and O–H groups in total. The van der Waals surface area contributed by atoms with Crippen molar-refractivity contribution in [1.82, 2.24) is 19.6 Å². The minimum atomic E-state index is 0.0975. The van der Waals surface area contributed by atoms with E-state index in [9.17, 15) is 4.79 Å². The SMILES string of the molecule is CCCCN(C(=O)c1nn(C)c2c1COCC2)C1CCN(C)CC1. The van der Waals surface area contributed by atoms with E-state index in [1.165, 1.54) is 0 Å². The van der Waals surface area contributed by atoms with Gasteiger partial charge < -0.3 is 14.5 Å². The van der Waals surface area contributed by atoms with E-state index in [1.54, 1.807) is 0 Å². The number of piperidine rings is 1. The summed E-state index contributed by atoms with van der Waals surface area (Å²) in [7, 11) is 4.09. The van der Waals surface area contributed by atoms with Gasteiger partial charge in [0.05, 0.1) is 13.2 Å². The summed E-state index contributed by atoms with van der Waals surface area (Å²) in [6.45, 7) is 6.35. The summed E-state index contributed by atoms with van der Waals surface area (Å²) in [5.74, 6) is 0.0975. The number of amides is 1. The van der Waals surface area contributed by atoms with Crippen LogP contribution in [0.5, 0.6) is 0 Å². The third kappa shape index (κ3) is 3.49. The number of nitrogens with zero attached hydrogens (tertiary/aromatic N) is 4. The van der Waals surface area contributed by atoms with E-state index in [0.717, 1.165) is 63.0 Å². The molecule has 2 aliphatic heterocycles. The molecule has 0 aliphatic carbocycles. The van der Waals surface area contributed by atoms with Gasteiger partial charge in [-0.2, -0.15) is 5.10 Å². The highest BCUT2D eigenvalue weighted by atomic mass is 16.5. The summed E-state index contributed by atoms with van der Waals surface area (Å²) in [6, 6.07) is 0.336. The highest BCUT2D eigenvalue weighted by molar-refractivity contribution is 5.94. The fraction of sp³-hybridized carbons (Fsp3) is 0.778. The molecule has 2 aliphatic rings. The predicted octanol–water partition coefficient (Wildman–Crippen LogP) is 1.83. The van der Waals surface area contributed by atoms with E-state index in [4.69, 9.17) is 4.74 Å². The van der Waals surface area contributed by atoms with Crippen LogP contribution in [0.1, 0.15) is 54.4 Å². The number of unbranched alkanes of at least 4 members (excludes halogenated alkanes) is 1. The summed E-state index contributed by atoms with van der Waals surface area (Å²) < 4.78 is 7.46. The van der Waals surface area contributed by atoms with E-state index >= 15 is 0 Å². The number of aromatic nitrogens is 2. The summed E-state index contributed by atoms with van der Waals surface area (Å²) in [5.41, 5.74) is 2.77. The number of carbonyl (C=O) groups is 1. The second kappa shape index (κ2) is 7.66. The molecule has 3 rings (SSSR count). The lowest BCUT2D eigenvalue weighted by atomic mass is 10.0. The molecule has 6 nitrogen and oxygen atoms in total. The Morgan fingerprint density at radius 3 is 2.79 bits per heavy atom. The largest absolute Gasteiger partial charge is 0.376 e. The Morgan fingerprint density at radius 1 is 1.33 bits per heavy atom. The van der Waals surface area contributed by atoms with Crippen molar-refractivity contribution in [3.63, 3.8) is 0 Å². The van der Waals surface area contributed by atoms with Crippen LogP contribution in [0.3, 0.4) is 0 Å². The van der Waals surface area contributed by atoms with Crippen LogP contribution in [-0.2, 0) is 24.8 Å². The van der Waals surface area contributed by atoms with Crippen molar-refractivity contribution in [2.45, 2.75) is 51.7 Å². The lowest BCUT2D eigenvalue weighted by molar-refractivity contribution is 0.0572. The zero-order valence-corrected chi connectivity index (χ0v) is 15.3. The Labute approximate surface area is 144 Å². The van der Waals surface area contributed by atoms with E-state index < -0.39 is 0 Å². The Bertz CT molecular complexity index is 576. The zero-order valence-electron chi connectivity index (χ0n) is 15.3. The molecule has 1 saturated heterocycles. The number of aryl methyl sites for hydroxylation is 1. The maximum Gasteiger partial charge on any atom is 0.274 e. The topological polar surface area (TPSA) is 50.6 Å². The van der Waals surface area contributed by atoms with Gasteiger partial charge in [0.15, 0.2) is 5.69 Å². The van der Waals surface area contributed by atoms with Crippen LogP contribution in [0.2, 0.25) is 0 Å². The van der Waals surface area contributed by atoms with Gasteiger partial charge in [-0.25, -0.2) is 0 Å². The van der Waals surface area contributed by atoms with Crippen LogP contribution in [0.15, 0.2) is 0 Å². The second-order valence-electron chi connectivity index (χ2n) is 7.09. The minimum Gasteiger partial charge on any atom is -0.376 e. The molecule has 24 heavy (non-hydrogen) atoms. The molecule has 1 amide bonds. The van der Waals surface area contributed by atoms with Gasteiger partial charge in [0.1, 0.15) is 0 Å². The molecule has 0 saturated carbocycles. The molecule has 134 valence electrons. The molecule has 6 heteroatoms. The third-order valence-corrected chi connectivity index (χ3v) is 5.35.